The highest BCUT2D eigenvalue weighted by molar-refractivity contribution is 7.89. The second-order valence-electron chi connectivity index (χ2n) is 3.09. The summed E-state index contributed by atoms with van der Waals surface area (Å²) in [5.41, 5.74) is -2.04. The molecule has 0 radical (unpaired) electrons. The Hall–Kier alpha value is -0.300. The third-order valence-electron chi connectivity index (χ3n) is 1.93. The molecule has 0 saturated heterocycles. The second kappa shape index (κ2) is 2.35. The summed E-state index contributed by atoms with van der Waals surface area (Å²) >= 11 is 0. The lowest BCUT2D eigenvalue weighted by atomic mass is 10.1. The first-order chi connectivity index (χ1) is 5.16. The Labute approximate surface area is 67.8 Å². The van der Waals surface area contributed by atoms with Gasteiger partial charge >= 0.3 is 6.18 Å². The van der Waals surface area contributed by atoms with Gasteiger partial charge in [-0.05, 0) is 12.8 Å². The zero-order valence-corrected chi connectivity index (χ0v) is 6.87. The van der Waals surface area contributed by atoms with Crippen molar-refractivity contribution in [3.05, 3.63) is 0 Å². The van der Waals surface area contributed by atoms with Crippen molar-refractivity contribution in [2.24, 2.45) is 10.6 Å². The third kappa shape index (κ3) is 1.89. The van der Waals surface area contributed by atoms with E-state index in [0.29, 0.717) is 0 Å². The average molecular weight is 203 g/mol. The van der Waals surface area contributed by atoms with Crippen LogP contribution in [0.25, 0.3) is 0 Å². The molecule has 2 N–H and O–H groups in total. The molecule has 0 aromatic heterocycles. The lowest BCUT2D eigenvalue weighted by molar-refractivity contribution is -0.180. The van der Waals surface area contributed by atoms with Crippen molar-refractivity contribution in [2.45, 2.75) is 19.0 Å². The van der Waals surface area contributed by atoms with E-state index in [2.05, 4.69) is 5.14 Å². The topological polar surface area (TPSA) is 60.2 Å². The maximum absolute atomic E-state index is 12.1. The molecule has 12 heavy (non-hydrogen) atoms. The van der Waals surface area contributed by atoms with E-state index < -0.39 is 27.4 Å². The first kappa shape index (κ1) is 9.79. The fourth-order valence-electron chi connectivity index (χ4n) is 1.05. The van der Waals surface area contributed by atoms with Crippen molar-refractivity contribution >= 4 is 10.0 Å². The largest absolute Gasteiger partial charge is 0.395 e. The quantitative estimate of drug-likeness (QED) is 0.715. The predicted octanol–water partition coefficient (Wildman–Crippen LogP) is 0.617. The molecule has 1 aliphatic rings. The van der Waals surface area contributed by atoms with Crippen LogP contribution < -0.4 is 5.14 Å². The molecule has 0 aromatic rings. The molecule has 3 nitrogen and oxygen atoms in total. The van der Waals surface area contributed by atoms with Gasteiger partial charge in [0.05, 0.1) is 11.2 Å². The molecular formula is C5H8F3NO2S. The fourth-order valence-corrected chi connectivity index (χ4v) is 2.27. The van der Waals surface area contributed by atoms with E-state index in [-0.39, 0.29) is 12.8 Å². The molecule has 0 atom stereocenters. The molecule has 0 aromatic carbocycles. The van der Waals surface area contributed by atoms with Crippen LogP contribution in [0.2, 0.25) is 0 Å². The van der Waals surface area contributed by atoms with Crippen molar-refractivity contribution in [1.82, 2.24) is 0 Å². The van der Waals surface area contributed by atoms with Crippen LogP contribution in [-0.2, 0) is 10.0 Å². The molecule has 1 aliphatic carbocycles. The van der Waals surface area contributed by atoms with E-state index >= 15 is 0 Å². The zero-order valence-electron chi connectivity index (χ0n) is 6.06. The van der Waals surface area contributed by atoms with Crippen LogP contribution in [-0.4, -0.2) is 20.3 Å². The third-order valence-corrected chi connectivity index (χ3v) is 2.89. The lowest BCUT2D eigenvalue weighted by Gasteiger charge is -2.17. The van der Waals surface area contributed by atoms with Crippen molar-refractivity contribution in [3.63, 3.8) is 0 Å². The maximum atomic E-state index is 12.1. The van der Waals surface area contributed by atoms with Gasteiger partial charge in [0.15, 0.2) is 0 Å². The minimum absolute atomic E-state index is 0.132. The number of alkyl halides is 3. The Kier molecular flexibility index (Phi) is 1.92. The molecule has 0 aliphatic heterocycles. The number of hydrogen-bond acceptors (Lipinski definition) is 2. The molecule has 72 valence electrons. The van der Waals surface area contributed by atoms with Crippen LogP contribution >= 0.6 is 0 Å². The number of primary sulfonamides is 1. The molecule has 0 spiro atoms. The van der Waals surface area contributed by atoms with Crippen LogP contribution in [0.3, 0.4) is 0 Å². The summed E-state index contributed by atoms with van der Waals surface area (Å²) in [5.74, 6) is -0.983. The fraction of sp³-hybridized carbons (Fsp3) is 1.00. The van der Waals surface area contributed by atoms with Gasteiger partial charge in [0.1, 0.15) is 0 Å². The zero-order chi connectivity index (χ0) is 9.62. The first-order valence-electron chi connectivity index (χ1n) is 3.24. The standard InChI is InChI=1S/C5H8F3NO2S/c6-5(7,8)4(1-2-4)3-12(9,10)11/h1-3H2,(H2,9,10,11). The van der Waals surface area contributed by atoms with Crippen molar-refractivity contribution in [1.29, 1.82) is 0 Å². The Bertz CT molecular complexity index is 278. The van der Waals surface area contributed by atoms with E-state index in [9.17, 15) is 21.6 Å². The van der Waals surface area contributed by atoms with E-state index in [0.717, 1.165) is 0 Å². The molecule has 1 fully saturated rings. The second-order valence-corrected chi connectivity index (χ2v) is 4.70. The van der Waals surface area contributed by atoms with E-state index in [1.54, 1.807) is 0 Å². The van der Waals surface area contributed by atoms with Gasteiger partial charge in [-0.1, -0.05) is 0 Å². The smallest absolute Gasteiger partial charge is 0.229 e. The van der Waals surface area contributed by atoms with E-state index in [4.69, 9.17) is 0 Å². The van der Waals surface area contributed by atoms with Gasteiger partial charge in [-0.25, -0.2) is 13.6 Å². The summed E-state index contributed by atoms with van der Waals surface area (Å²) in [7, 11) is -4.02. The van der Waals surface area contributed by atoms with Crippen molar-refractivity contribution in [2.75, 3.05) is 5.75 Å². The summed E-state index contributed by atoms with van der Waals surface area (Å²) in [6.45, 7) is 0. The highest BCUT2D eigenvalue weighted by atomic mass is 32.2. The first-order valence-corrected chi connectivity index (χ1v) is 4.95. The molecule has 7 heteroatoms. The molecule has 1 rings (SSSR count). The highest BCUT2D eigenvalue weighted by Gasteiger charge is 2.64. The number of hydrogen-bond donors (Lipinski definition) is 1. The van der Waals surface area contributed by atoms with E-state index in [1.807, 2.05) is 0 Å². The summed E-state index contributed by atoms with van der Waals surface area (Å²) in [6.07, 6.45) is -4.71. The maximum Gasteiger partial charge on any atom is 0.395 e. The Balaban J connectivity index is 2.76. The Morgan fingerprint density at radius 3 is 1.83 bits per heavy atom. The van der Waals surface area contributed by atoms with Gasteiger partial charge in [-0.2, -0.15) is 13.2 Å². The molecule has 1 saturated carbocycles. The van der Waals surface area contributed by atoms with Gasteiger partial charge in [0.2, 0.25) is 10.0 Å². The minimum atomic E-state index is -4.44. The molecular weight excluding hydrogens is 195 g/mol. The van der Waals surface area contributed by atoms with Gasteiger partial charge in [0, 0.05) is 0 Å². The van der Waals surface area contributed by atoms with Gasteiger partial charge in [-0.15, -0.1) is 0 Å². The lowest BCUT2D eigenvalue weighted by Crippen LogP contribution is -2.34. The van der Waals surface area contributed by atoms with Crippen LogP contribution in [0.1, 0.15) is 12.8 Å². The number of nitrogens with two attached hydrogens (primary N) is 1. The van der Waals surface area contributed by atoms with Crippen LogP contribution in [0.15, 0.2) is 0 Å². The Morgan fingerprint density at radius 2 is 1.75 bits per heavy atom. The van der Waals surface area contributed by atoms with Crippen molar-refractivity contribution in [3.8, 4) is 0 Å². The summed E-state index contributed by atoms with van der Waals surface area (Å²) in [5, 5.41) is 4.53. The van der Waals surface area contributed by atoms with Crippen LogP contribution in [0.4, 0.5) is 13.2 Å². The van der Waals surface area contributed by atoms with Gasteiger partial charge in [-0.3, -0.25) is 0 Å². The summed E-state index contributed by atoms with van der Waals surface area (Å²) in [4.78, 5) is 0. The highest BCUT2D eigenvalue weighted by Crippen LogP contribution is 2.57. The molecule has 0 unspecified atom stereocenters. The number of halogens is 3. The van der Waals surface area contributed by atoms with E-state index in [1.165, 1.54) is 0 Å². The van der Waals surface area contributed by atoms with Crippen LogP contribution in [0, 0.1) is 5.41 Å². The van der Waals surface area contributed by atoms with Crippen molar-refractivity contribution < 1.29 is 21.6 Å². The number of rotatable bonds is 2. The average Bonchev–Trinajstić information content (AvgIpc) is 2.39. The Morgan fingerprint density at radius 1 is 1.33 bits per heavy atom. The summed E-state index contributed by atoms with van der Waals surface area (Å²) < 4.78 is 57.1. The monoisotopic (exact) mass is 203 g/mol. The molecule has 0 heterocycles. The SMILES string of the molecule is NS(=O)(=O)CC1(C(F)(F)F)CC1. The van der Waals surface area contributed by atoms with Crippen LogP contribution in [0.5, 0.6) is 0 Å². The minimum Gasteiger partial charge on any atom is -0.229 e. The predicted molar refractivity (Wildman–Crippen MR) is 35.7 cm³/mol. The molecule has 0 bridgehead atoms. The summed E-state index contributed by atoms with van der Waals surface area (Å²) in [6, 6.07) is 0. The normalized spacial score (nSPS) is 22.3. The molecule has 0 amide bonds. The van der Waals surface area contributed by atoms with Gasteiger partial charge < -0.3 is 0 Å². The van der Waals surface area contributed by atoms with Gasteiger partial charge in [0.25, 0.3) is 0 Å². The number of sulfonamides is 1.